The van der Waals surface area contributed by atoms with Gasteiger partial charge in [-0.3, -0.25) is 0 Å². The number of carbonyl (C=O) groups is 2. The van der Waals surface area contributed by atoms with Gasteiger partial charge in [0, 0.05) is 0 Å². The van der Waals surface area contributed by atoms with Crippen LogP contribution in [0.15, 0.2) is 11.6 Å². The van der Waals surface area contributed by atoms with Crippen LogP contribution in [0.25, 0.3) is 0 Å². The quantitative estimate of drug-likeness (QED) is 0.743. The van der Waals surface area contributed by atoms with E-state index in [4.69, 9.17) is 9.84 Å². The molecule has 17 heavy (non-hydrogen) atoms. The van der Waals surface area contributed by atoms with E-state index < -0.39 is 23.7 Å². The zero-order valence-electron chi connectivity index (χ0n) is 11.0. The Morgan fingerprint density at radius 2 is 1.94 bits per heavy atom. The summed E-state index contributed by atoms with van der Waals surface area (Å²) < 4.78 is 4.99. The first-order valence-corrected chi connectivity index (χ1v) is 5.55. The van der Waals surface area contributed by atoms with E-state index >= 15 is 0 Å². The van der Waals surface area contributed by atoms with E-state index in [1.807, 2.05) is 13.8 Å². The highest BCUT2D eigenvalue weighted by Gasteiger charge is 2.22. The molecule has 0 aromatic heterocycles. The van der Waals surface area contributed by atoms with Crippen molar-refractivity contribution in [3.8, 4) is 0 Å². The fourth-order valence-electron chi connectivity index (χ4n) is 1.01. The molecule has 0 rings (SSSR count). The molecule has 0 aliphatic carbocycles. The number of allylic oxidation sites excluding steroid dienone is 1. The Bertz CT molecular complexity index is 315. The van der Waals surface area contributed by atoms with Gasteiger partial charge in [0.2, 0.25) is 0 Å². The molecule has 98 valence electrons. The lowest BCUT2D eigenvalue weighted by molar-refractivity contribution is -0.138. The summed E-state index contributed by atoms with van der Waals surface area (Å²) in [6.07, 6.45) is 1.51. The second-order valence-corrected chi connectivity index (χ2v) is 4.83. The van der Waals surface area contributed by atoms with Crippen LogP contribution in [0.4, 0.5) is 4.79 Å². The minimum absolute atomic E-state index is 0.642. The second kappa shape index (κ2) is 6.27. The maximum atomic E-state index is 11.4. The molecule has 0 bridgehead atoms. The third-order valence-electron chi connectivity index (χ3n) is 1.95. The van der Waals surface area contributed by atoms with Crippen molar-refractivity contribution in [3.05, 3.63) is 11.6 Å². The molecule has 5 heteroatoms. The maximum Gasteiger partial charge on any atom is 0.408 e. The molecular formula is C12H21NO4. The minimum Gasteiger partial charge on any atom is -0.479 e. The number of hydrogen-bond acceptors (Lipinski definition) is 3. The van der Waals surface area contributed by atoms with E-state index in [1.165, 1.54) is 6.08 Å². The number of carboxylic acids is 1. The molecule has 0 heterocycles. The molecule has 0 aromatic carbocycles. The largest absolute Gasteiger partial charge is 0.479 e. The van der Waals surface area contributed by atoms with Crippen molar-refractivity contribution in [1.29, 1.82) is 0 Å². The third kappa shape index (κ3) is 7.38. The second-order valence-electron chi connectivity index (χ2n) is 4.83. The van der Waals surface area contributed by atoms with Crippen LogP contribution in [-0.4, -0.2) is 28.8 Å². The predicted molar refractivity (Wildman–Crippen MR) is 64.8 cm³/mol. The van der Waals surface area contributed by atoms with E-state index in [2.05, 4.69) is 5.32 Å². The summed E-state index contributed by atoms with van der Waals surface area (Å²) in [7, 11) is 0. The Balaban J connectivity index is 4.57. The van der Waals surface area contributed by atoms with E-state index in [-0.39, 0.29) is 0 Å². The highest BCUT2D eigenvalue weighted by atomic mass is 16.6. The number of aliphatic carboxylic acids is 1. The first kappa shape index (κ1) is 15.5. The van der Waals surface area contributed by atoms with Crippen LogP contribution in [0.1, 0.15) is 41.0 Å². The van der Waals surface area contributed by atoms with Crippen LogP contribution < -0.4 is 5.32 Å². The average Bonchev–Trinajstić information content (AvgIpc) is 2.13. The van der Waals surface area contributed by atoms with Crippen molar-refractivity contribution in [1.82, 2.24) is 5.32 Å². The lowest BCUT2D eigenvalue weighted by Crippen LogP contribution is -2.42. The monoisotopic (exact) mass is 243 g/mol. The van der Waals surface area contributed by atoms with Gasteiger partial charge in [0.25, 0.3) is 0 Å². The Morgan fingerprint density at radius 1 is 1.41 bits per heavy atom. The zero-order valence-corrected chi connectivity index (χ0v) is 11.0. The number of alkyl carbamates (subject to hydrolysis) is 1. The molecule has 1 amide bonds. The van der Waals surface area contributed by atoms with Crippen molar-refractivity contribution < 1.29 is 19.4 Å². The Labute approximate surface area is 102 Å². The fourth-order valence-corrected chi connectivity index (χ4v) is 1.01. The molecule has 0 saturated heterocycles. The number of rotatable bonds is 4. The SMILES string of the molecule is CC/C(C)=C/[C@H](NC(=O)OC(C)(C)C)C(=O)O. The van der Waals surface area contributed by atoms with Gasteiger partial charge in [0.15, 0.2) is 0 Å². The highest BCUT2D eigenvalue weighted by molar-refractivity contribution is 5.82. The predicted octanol–water partition coefficient (Wildman–Crippen LogP) is 2.32. The lowest BCUT2D eigenvalue weighted by atomic mass is 10.1. The number of carbonyl (C=O) groups excluding carboxylic acids is 1. The van der Waals surface area contributed by atoms with Crippen LogP contribution in [-0.2, 0) is 9.53 Å². The summed E-state index contributed by atoms with van der Waals surface area (Å²) in [5, 5.41) is 11.3. The van der Waals surface area contributed by atoms with Gasteiger partial charge in [-0.15, -0.1) is 0 Å². The van der Waals surface area contributed by atoms with Gasteiger partial charge in [0.05, 0.1) is 0 Å². The molecule has 0 fully saturated rings. The summed E-state index contributed by atoms with van der Waals surface area (Å²) in [5.74, 6) is -1.11. The molecule has 2 N–H and O–H groups in total. The maximum absolute atomic E-state index is 11.4. The molecule has 0 spiro atoms. The van der Waals surface area contributed by atoms with Crippen LogP contribution in [0.5, 0.6) is 0 Å². The van der Waals surface area contributed by atoms with Gasteiger partial charge in [-0.05, 0) is 34.1 Å². The molecule has 0 aromatic rings. The molecule has 5 nitrogen and oxygen atoms in total. The first-order valence-electron chi connectivity index (χ1n) is 5.55. The summed E-state index contributed by atoms with van der Waals surface area (Å²) >= 11 is 0. The molecule has 0 unspecified atom stereocenters. The fraction of sp³-hybridized carbons (Fsp3) is 0.667. The molecule has 0 radical (unpaired) electrons. The number of hydrogen-bond donors (Lipinski definition) is 2. The van der Waals surface area contributed by atoms with Gasteiger partial charge >= 0.3 is 12.1 Å². The lowest BCUT2D eigenvalue weighted by Gasteiger charge is -2.21. The Morgan fingerprint density at radius 3 is 2.29 bits per heavy atom. The molecule has 0 aliphatic rings. The van der Waals surface area contributed by atoms with Gasteiger partial charge in [0.1, 0.15) is 11.6 Å². The minimum atomic E-state index is -1.11. The first-order chi connectivity index (χ1) is 7.65. The van der Waals surface area contributed by atoms with Crippen molar-refractivity contribution in [3.63, 3.8) is 0 Å². The van der Waals surface area contributed by atoms with Gasteiger partial charge in [-0.2, -0.15) is 0 Å². The third-order valence-corrected chi connectivity index (χ3v) is 1.95. The van der Waals surface area contributed by atoms with E-state index in [0.717, 1.165) is 12.0 Å². The molecule has 0 saturated carbocycles. The van der Waals surface area contributed by atoms with Gasteiger partial charge in [-0.1, -0.05) is 18.6 Å². The van der Waals surface area contributed by atoms with Crippen LogP contribution in [0, 0.1) is 0 Å². The van der Waals surface area contributed by atoms with Crippen LogP contribution in [0.2, 0.25) is 0 Å². The summed E-state index contributed by atoms with van der Waals surface area (Å²) in [6, 6.07) is -1.05. The van der Waals surface area contributed by atoms with E-state index in [1.54, 1.807) is 20.8 Å². The molecule has 1 atom stereocenters. The van der Waals surface area contributed by atoms with Gasteiger partial charge < -0.3 is 15.2 Å². The standard InChI is InChI=1S/C12H21NO4/c1-6-8(2)7-9(10(14)15)13-11(16)17-12(3,4)5/h7,9H,6H2,1-5H3,(H,13,16)(H,14,15)/b8-7+/t9-/m0/s1. The number of ether oxygens (including phenoxy) is 1. The van der Waals surface area contributed by atoms with Crippen molar-refractivity contribution in [2.24, 2.45) is 0 Å². The highest BCUT2D eigenvalue weighted by Crippen LogP contribution is 2.07. The average molecular weight is 243 g/mol. The summed E-state index contributed by atoms with van der Waals surface area (Å²) in [4.78, 5) is 22.4. The van der Waals surface area contributed by atoms with E-state index in [0.29, 0.717) is 0 Å². The van der Waals surface area contributed by atoms with Crippen molar-refractivity contribution in [2.45, 2.75) is 52.7 Å². The Kier molecular flexibility index (Phi) is 5.71. The number of amides is 1. The Hall–Kier alpha value is -1.52. The summed E-state index contributed by atoms with van der Waals surface area (Å²) in [5.41, 5.74) is 0.255. The topological polar surface area (TPSA) is 75.6 Å². The number of nitrogens with one attached hydrogen (secondary N) is 1. The number of carboxylic acid groups (broad SMARTS) is 1. The smallest absolute Gasteiger partial charge is 0.408 e. The normalized spacial score (nSPS) is 14.1. The van der Waals surface area contributed by atoms with Crippen LogP contribution >= 0.6 is 0 Å². The van der Waals surface area contributed by atoms with E-state index in [9.17, 15) is 9.59 Å². The summed E-state index contributed by atoms with van der Waals surface area (Å²) in [6.45, 7) is 8.88. The molecular weight excluding hydrogens is 222 g/mol. The zero-order chi connectivity index (χ0) is 13.6. The van der Waals surface area contributed by atoms with Crippen molar-refractivity contribution >= 4 is 12.1 Å². The molecule has 0 aliphatic heterocycles. The van der Waals surface area contributed by atoms with Crippen LogP contribution in [0.3, 0.4) is 0 Å². The van der Waals surface area contributed by atoms with Crippen molar-refractivity contribution in [2.75, 3.05) is 0 Å². The van der Waals surface area contributed by atoms with Gasteiger partial charge in [-0.25, -0.2) is 9.59 Å².